The van der Waals surface area contributed by atoms with Crippen molar-refractivity contribution in [1.29, 1.82) is 0 Å². The molecule has 0 aliphatic carbocycles. The molecule has 144 valence electrons. The Hall–Kier alpha value is -2.57. The molecule has 1 aliphatic rings. The van der Waals surface area contributed by atoms with Crippen molar-refractivity contribution in [3.63, 3.8) is 0 Å². The lowest BCUT2D eigenvalue weighted by Crippen LogP contribution is -2.46. The molecule has 3 N–H and O–H groups in total. The molecule has 3 rings (SSSR count). The van der Waals surface area contributed by atoms with Gasteiger partial charge in [0.05, 0.1) is 5.69 Å². The quantitative estimate of drug-likeness (QED) is 0.794. The number of fused-ring (bicyclic) bond motifs is 1. The smallest absolute Gasteiger partial charge is 0.267 e. The van der Waals surface area contributed by atoms with Gasteiger partial charge in [0.15, 0.2) is 6.10 Å². The van der Waals surface area contributed by atoms with Crippen molar-refractivity contribution in [2.45, 2.75) is 25.5 Å². The molecule has 1 aliphatic heterocycles. The number of carbonyl (C=O) groups is 2. The van der Waals surface area contributed by atoms with Crippen LogP contribution in [0.2, 0.25) is 0 Å². The number of amides is 2. The van der Waals surface area contributed by atoms with Crippen LogP contribution in [0, 0.1) is 0 Å². The number of nitrogens with zero attached hydrogens (tertiary/aromatic N) is 1. The van der Waals surface area contributed by atoms with Crippen LogP contribution in [-0.2, 0) is 9.59 Å². The zero-order valence-electron chi connectivity index (χ0n) is 15.1. The molecule has 2 atom stereocenters. The van der Waals surface area contributed by atoms with Gasteiger partial charge in [0, 0.05) is 25.6 Å². The van der Waals surface area contributed by atoms with Crippen molar-refractivity contribution in [2.24, 2.45) is 5.73 Å². The lowest BCUT2D eigenvalue weighted by atomic mass is 10.1. The lowest BCUT2D eigenvalue weighted by Gasteiger charge is -2.32. The molecular weight excluding hydrogens is 366 g/mol. The van der Waals surface area contributed by atoms with Crippen molar-refractivity contribution < 1.29 is 14.3 Å². The van der Waals surface area contributed by atoms with Gasteiger partial charge in [-0.3, -0.25) is 9.59 Å². The first-order chi connectivity index (χ1) is 12.6. The lowest BCUT2D eigenvalue weighted by molar-refractivity contribution is -0.125. The molecule has 0 radical (unpaired) electrons. The molecule has 27 heavy (non-hydrogen) atoms. The van der Waals surface area contributed by atoms with Gasteiger partial charge >= 0.3 is 0 Å². The largest absolute Gasteiger partial charge is 0.479 e. The monoisotopic (exact) mass is 389 g/mol. The minimum atomic E-state index is -0.556. The van der Waals surface area contributed by atoms with Gasteiger partial charge in [-0.2, -0.15) is 0 Å². The molecule has 0 aromatic heterocycles. The Balaban J connectivity index is 0.00000261. The van der Waals surface area contributed by atoms with Crippen LogP contribution in [0.15, 0.2) is 54.6 Å². The van der Waals surface area contributed by atoms with Gasteiger partial charge in [0.2, 0.25) is 5.91 Å². The van der Waals surface area contributed by atoms with E-state index < -0.39 is 6.10 Å². The summed E-state index contributed by atoms with van der Waals surface area (Å²) in [6.45, 7) is 2.37. The zero-order chi connectivity index (χ0) is 18.5. The summed E-state index contributed by atoms with van der Waals surface area (Å²) in [5.41, 5.74) is 7.76. The number of carbonyl (C=O) groups excluding carboxylic acids is 2. The highest BCUT2D eigenvalue weighted by atomic mass is 35.5. The summed E-state index contributed by atoms with van der Waals surface area (Å²) < 4.78 is 5.60. The molecule has 2 aromatic rings. The van der Waals surface area contributed by atoms with E-state index >= 15 is 0 Å². The molecule has 0 saturated heterocycles. The van der Waals surface area contributed by atoms with Gasteiger partial charge < -0.3 is 20.7 Å². The Kier molecular flexibility index (Phi) is 7.21. The first kappa shape index (κ1) is 20.7. The maximum Gasteiger partial charge on any atom is 0.267 e. The Morgan fingerprint density at radius 2 is 1.85 bits per heavy atom. The van der Waals surface area contributed by atoms with E-state index in [1.54, 1.807) is 11.8 Å². The second-order valence-corrected chi connectivity index (χ2v) is 6.29. The third-order valence-electron chi connectivity index (χ3n) is 4.38. The predicted octanol–water partition coefficient (Wildman–Crippen LogP) is 2.43. The van der Waals surface area contributed by atoms with E-state index in [9.17, 15) is 9.59 Å². The topological polar surface area (TPSA) is 84.7 Å². The second kappa shape index (κ2) is 9.39. The number of halogens is 1. The maximum atomic E-state index is 12.4. The third-order valence-corrected chi connectivity index (χ3v) is 4.38. The van der Waals surface area contributed by atoms with Crippen LogP contribution in [-0.4, -0.2) is 31.0 Å². The van der Waals surface area contributed by atoms with E-state index in [2.05, 4.69) is 5.32 Å². The normalized spacial score (nSPS) is 16.6. The van der Waals surface area contributed by atoms with Gasteiger partial charge in [-0.05, 0) is 24.6 Å². The van der Waals surface area contributed by atoms with Crippen LogP contribution in [0.25, 0.3) is 0 Å². The van der Waals surface area contributed by atoms with Crippen molar-refractivity contribution in [3.05, 3.63) is 60.2 Å². The Bertz CT molecular complexity index is 785. The van der Waals surface area contributed by atoms with Gasteiger partial charge in [-0.25, -0.2) is 0 Å². The molecule has 2 unspecified atom stereocenters. The van der Waals surface area contributed by atoms with Gasteiger partial charge in [-0.15, -0.1) is 12.4 Å². The second-order valence-electron chi connectivity index (χ2n) is 6.29. The summed E-state index contributed by atoms with van der Waals surface area (Å²) in [6.07, 6.45) is -0.353. The van der Waals surface area contributed by atoms with E-state index in [-0.39, 0.29) is 36.7 Å². The zero-order valence-corrected chi connectivity index (χ0v) is 15.9. The van der Waals surface area contributed by atoms with E-state index in [1.807, 2.05) is 54.6 Å². The number of hydrogen-bond acceptors (Lipinski definition) is 4. The average molecular weight is 390 g/mol. The third kappa shape index (κ3) is 4.99. The van der Waals surface area contributed by atoms with Crippen molar-refractivity contribution in [1.82, 2.24) is 5.32 Å². The Morgan fingerprint density at radius 3 is 2.59 bits per heavy atom. The highest BCUT2D eigenvalue weighted by molar-refractivity contribution is 6.00. The number of hydrogen-bond donors (Lipinski definition) is 2. The van der Waals surface area contributed by atoms with Gasteiger partial charge in [-0.1, -0.05) is 42.5 Å². The Morgan fingerprint density at radius 1 is 1.19 bits per heavy atom. The molecule has 2 amide bonds. The van der Waals surface area contributed by atoms with Crippen LogP contribution in [0.4, 0.5) is 5.69 Å². The summed E-state index contributed by atoms with van der Waals surface area (Å²) in [6, 6.07) is 16.7. The van der Waals surface area contributed by atoms with Crippen LogP contribution in [0.5, 0.6) is 5.75 Å². The van der Waals surface area contributed by atoms with Crippen molar-refractivity contribution in [3.8, 4) is 5.75 Å². The van der Waals surface area contributed by atoms with Crippen molar-refractivity contribution in [2.75, 3.05) is 18.0 Å². The highest BCUT2D eigenvalue weighted by Gasteiger charge is 2.31. The van der Waals surface area contributed by atoms with Gasteiger partial charge in [0.25, 0.3) is 5.91 Å². The number of anilines is 1. The van der Waals surface area contributed by atoms with Crippen molar-refractivity contribution >= 4 is 29.9 Å². The standard InChI is InChI=1S/C20H23N3O3.ClH/c1-14-20(25)23(17-9-5-6-10-18(17)26-14)12-11-19(24)22-13-16(21)15-7-3-2-4-8-15;/h2-10,14,16H,11-13,21H2,1H3,(H,22,24);1H. The maximum absolute atomic E-state index is 12.4. The predicted molar refractivity (Wildman–Crippen MR) is 107 cm³/mol. The summed E-state index contributed by atoms with van der Waals surface area (Å²) in [5, 5.41) is 2.84. The minimum absolute atomic E-state index is 0. The molecule has 0 bridgehead atoms. The summed E-state index contributed by atoms with van der Waals surface area (Å²) >= 11 is 0. The van der Waals surface area contributed by atoms with E-state index in [1.165, 1.54) is 0 Å². The fourth-order valence-electron chi connectivity index (χ4n) is 2.93. The number of ether oxygens (including phenoxy) is 1. The van der Waals surface area contributed by atoms with E-state index in [0.29, 0.717) is 24.5 Å². The number of benzene rings is 2. The SMILES string of the molecule is CC1Oc2ccccc2N(CCC(=O)NCC(N)c2ccccc2)C1=O.Cl. The first-order valence-electron chi connectivity index (χ1n) is 8.70. The van der Waals surface area contributed by atoms with E-state index in [4.69, 9.17) is 10.5 Å². The average Bonchev–Trinajstić information content (AvgIpc) is 2.67. The number of rotatable bonds is 6. The summed E-state index contributed by atoms with van der Waals surface area (Å²) in [5.74, 6) is 0.379. The molecule has 0 saturated carbocycles. The fraction of sp³-hybridized carbons (Fsp3) is 0.300. The fourth-order valence-corrected chi connectivity index (χ4v) is 2.93. The van der Waals surface area contributed by atoms with Crippen LogP contribution in [0.3, 0.4) is 0 Å². The first-order valence-corrected chi connectivity index (χ1v) is 8.70. The number of nitrogens with two attached hydrogens (primary N) is 1. The number of nitrogens with one attached hydrogen (secondary N) is 1. The molecule has 7 heteroatoms. The highest BCUT2D eigenvalue weighted by Crippen LogP contribution is 2.33. The number of para-hydroxylation sites is 2. The molecule has 1 heterocycles. The van der Waals surface area contributed by atoms with E-state index in [0.717, 1.165) is 5.56 Å². The Labute approximate surface area is 165 Å². The van der Waals surface area contributed by atoms with Crippen LogP contribution < -0.4 is 20.7 Å². The minimum Gasteiger partial charge on any atom is -0.479 e. The molecule has 2 aromatic carbocycles. The molecule has 0 spiro atoms. The molecule has 0 fully saturated rings. The summed E-state index contributed by atoms with van der Waals surface area (Å²) in [7, 11) is 0. The molecular formula is C20H24ClN3O3. The summed E-state index contributed by atoms with van der Waals surface area (Å²) in [4.78, 5) is 26.2. The van der Waals surface area contributed by atoms with Crippen LogP contribution in [0.1, 0.15) is 24.9 Å². The van der Waals surface area contributed by atoms with Gasteiger partial charge in [0.1, 0.15) is 5.75 Å². The van der Waals surface area contributed by atoms with Crippen LogP contribution >= 0.6 is 12.4 Å². The molecule has 6 nitrogen and oxygen atoms in total.